The molecule has 0 aliphatic rings. The lowest BCUT2D eigenvalue weighted by Crippen LogP contribution is -2.10. The minimum Gasteiger partial charge on any atom is -0.398 e. The number of hydrogen-bond donors (Lipinski definition) is 1. The van der Waals surface area contributed by atoms with E-state index in [4.69, 9.17) is 5.73 Å². The number of benzene rings is 1. The van der Waals surface area contributed by atoms with Gasteiger partial charge in [0, 0.05) is 30.2 Å². The van der Waals surface area contributed by atoms with Gasteiger partial charge < -0.3 is 10.3 Å². The second-order valence-corrected chi connectivity index (χ2v) is 4.27. The molecule has 1 aromatic carbocycles. The van der Waals surface area contributed by atoms with Crippen LogP contribution in [-0.2, 0) is 12.7 Å². The Kier molecular flexibility index (Phi) is 3.26. The standard InChI is InChI=1S/C13H14F3N3/c1-3-19-5-4-18-12(19)9-6-10(13(14,15)16)8(2)11(17)7-9/h4-7H,3,17H2,1-2H3. The van der Waals surface area contributed by atoms with E-state index in [1.54, 1.807) is 17.0 Å². The van der Waals surface area contributed by atoms with Gasteiger partial charge in [-0.25, -0.2) is 4.98 Å². The van der Waals surface area contributed by atoms with Crippen LogP contribution in [0.2, 0.25) is 0 Å². The van der Waals surface area contributed by atoms with Crippen molar-refractivity contribution in [3.8, 4) is 11.4 Å². The number of nitrogen functional groups attached to an aromatic ring is 1. The fraction of sp³-hybridized carbons (Fsp3) is 0.308. The van der Waals surface area contributed by atoms with Crippen molar-refractivity contribution >= 4 is 5.69 Å². The molecule has 0 saturated carbocycles. The molecule has 0 aliphatic heterocycles. The average molecular weight is 269 g/mol. The first-order chi connectivity index (χ1) is 8.84. The van der Waals surface area contributed by atoms with Gasteiger partial charge in [0.25, 0.3) is 0 Å². The highest BCUT2D eigenvalue weighted by atomic mass is 19.4. The van der Waals surface area contributed by atoms with Crippen molar-refractivity contribution in [1.29, 1.82) is 0 Å². The summed E-state index contributed by atoms with van der Waals surface area (Å²) in [6.07, 6.45) is -1.14. The molecule has 1 aromatic heterocycles. The van der Waals surface area contributed by atoms with E-state index in [0.29, 0.717) is 17.9 Å². The monoisotopic (exact) mass is 269 g/mol. The van der Waals surface area contributed by atoms with Gasteiger partial charge in [-0.1, -0.05) is 0 Å². The minimum absolute atomic E-state index is 0.0471. The summed E-state index contributed by atoms with van der Waals surface area (Å²) >= 11 is 0. The third kappa shape index (κ3) is 2.43. The Morgan fingerprint density at radius 1 is 1.32 bits per heavy atom. The predicted molar refractivity (Wildman–Crippen MR) is 67.5 cm³/mol. The van der Waals surface area contributed by atoms with Crippen molar-refractivity contribution in [3.63, 3.8) is 0 Å². The van der Waals surface area contributed by atoms with E-state index >= 15 is 0 Å². The summed E-state index contributed by atoms with van der Waals surface area (Å²) in [5.74, 6) is 0.486. The Balaban J connectivity index is 2.64. The number of rotatable bonds is 2. The van der Waals surface area contributed by atoms with Crippen LogP contribution in [0, 0.1) is 6.92 Å². The fourth-order valence-corrected chi connectivity index (χ4v) is 1.98. The molecule has 2 rings (SSSR count). The predicted octanol–water partition coefficient (Wildman–Crippen LogP) is 3.48. The van der Waals surface area contributed by atoms with Crippen molar-refractivity contribution in [3.05, 3.63) is 35.7 Å². The third-order valence-electron chi connectivity index (χ3n) is 3.07. The third-order valence-corrected chi connectivity index (χ3v) is 3.07. The van der Waals surface area contributed by atoms with E-state index in [1.807, 2.05) is 6.92 Å². The summed E-state index contributed by atoms with van der Waals surface area (Å²) in [5.41, 5.74) is 5.51. The largest absolute Gasteiger partial charge is 0.416 e. The van der Waals surface area contributed by atoms with Gasteiger partial charge in [-0.15, -0.1) is 0 Å². The lowest BCUT2D eigenvalue weighted by molar-refractivity contribution is -0.138. The van der Waals surface area contributed by atoms with Crippen LogP contribution in [0.15, 0.2) is 24.5 Å². The number of nitrogens with zero attached hydrogens (tertiary/aromatic N) is 2. The summed E-state index contributed by atoms with van der Waals surface area (Å²) in [5, 5.41) is 0. The van der Waals surface area contributed by atoms with Crippen LogP contribution in [0.25, 0.3) is 11.4 Å². The van der Waals surface area contributed by atoms with Crippen LogP contribution < -0.4 is 5.73 Å². The smallest absolute Gasteiger partial charge is 0.398 e. The summed E-state index contributed by atoms with van der Waals surface area (Å²) in [6.45, 7) is 3.89. The zero-order chi connectivity index (χ0) is 14.2. The second-order valence-electron chi connectivity index (χ2n) is 4.27. The molecule has 19 heavy (non-hydrogen) atoms. The van der Waals surface area contributed by atoms with Crippen molar-refractivity contribution in [2.24, 2.45) is 0 Å². The fourth-order valence-electron chi connectivity index (χ4n) is 1.98. The van der Waals surface area contributed by atoms with E-state index in [2.05, 4.69) is 4.98 Å². The molecule has 0 aliphatic carbocycles. The van der Waals surface area contributed by atoms with E-state index in [-0.39, 0.29) is 11.3 Å². The van der Waals surface area contributed by atoms with Gasteiger partial charge in [0.1, 0.15) is 5.82 Å². The number of aromatic nitrogens is 2. The molecule has 0 bridgehead atoms. The Hall–Kier alpha value is -1.98. The minimum atomic E-state index is -4.42. The molecule has 2 N–H and O–H groups in total. The molecule has 0 unspecified atom stereocenters. The maximum Gasteiger partial charge on any atom is 0.416 e. The van der Waals surface area contributed by atoms with Crippen molar-refractivity contribution in [2.45, 2.75) is 26.6 Å². The van der Waals surface area contributed by atoms with E-state index in [0.717, 1.165) is 6.07 Å². The van der Waals surface area contributed by atoms with Crippen LogP contribution >= 0.6 is 0 Å². The first-order valence-corrected chi connectivity index (χ1v) is 5.83. The highest BCUT2D eigenvalue weighted by Crippen LogP contribution is 2.37. The molecular weight excluding hydrogens is 255 g/mol. The van der Waals surface area contributed by atoms with Gasteiger partial charge in [-0.3, -0.25) is 0 Å². The number of halogens is 3. The number of imidazole rings is 1. The molecule has 0 radical (unpaired) electrons. The summed E-state index contributed by atoms with van der Waals surface area (Å²) < 4.78 is 40.6. The Bertz CT molecular complexity index is 600. The Morgan fingerprint density at radius 2 is 2.00 bits per heavy atom. The van der Waals surface area contributed by atoms with Crippen molar-refractivity contribution in [2.75, 3.05) is 5.73 Å². The normalized spacial score (nSPS) is 11.8. The Morgan fingerprint density at radius 3 is 2.58 bits per heavy atom. The summed E-state index contributed by atoms with van der Waals surface area (Å²) in [7, 11) is 0. The quantitative estimate of drug-likeness (QED) is 0.848. The molecule has 0 atom stereocenters. The van der Waals surface area contributed by atoms with Crippen molar-refractivity contribution < 1.29 is 13.2 Å². The number of alkyl halides is 3. The lowest BCUT2D eigenvalue weighted by Gasteiger charge is -2.14. The molecular formula is C13H14F3N3. The van der Waals surface area contributed by atoms with E-state index in [1.165, 1.54) is 13.0 Å². The lowest BCUT2D eigenvalue weighted by atomic mass is 10.0. The maximum atomic E-state index is 13.0. The molecule has 0 saturated heterocycles. The van der Waals surface area contributed by atoms with Gasteiger partial charge in [0.15, 0.2) is 0 Å². The van der Waals surface area contributed by atoms with Crippen LogP contribution in [0.3, 0.4) is 0 Å². The van der Waals surface area contributed by atoms with Gasteiger partial charge >= 0.3 is 6.18 Å². The van der Waals surface area contributed by atoms with E-state index < -0.39 is 11.7 Å². The molecule has 1 heterocycles. The summed E-state index contributed by atoms with van der Waals surface area (Å²) in [4.78, 5) is 4.09. The topological polar surface area (TPSA) is 43.8 Å². The molecule has 6 heteroatoms. The second kappa shape index (κ2) is 4.60. The van der Waals surface area contributed by atoms with Crippen LogP contribution in [0.5, 0.6) is 0 Å². The molecule has 102 valence electrons. The van der Waals surface area contributed by atoms with Gasteiger partial charge in [-0.2, -0.15) is 13.2 Å². The molecule has 0 spiro atoms. The molecule has 2 aromatic rings. The maximum absolute atomic E-state index is 13.0. The van der Waals surface area contributed by atoms with Gasteiger partial charge in [-0.05, 0) is 31.5 Å². The first-order valence-electron chi connectivity index (χ1n) is 5.83. The summed E-state index contributed by atoms with van der Waals surface area (Å²) in [6, 6.07) is 2.62. The first kappa shape index (κ1) is 13.5. The zero-order valence-electron chi connectivity index (χ0n) is 10.6. The Labute approximate surface area is 108 Å². The van der Waals surface area contributed by atoms with Crippen molar-refractivity contribution in [1.82, 2.24) is 9.55 Å². The van der Waals surface area contributed by atoms with Gasteiger partial charge in [0.05, 0.1) is 5.56 Å². The molecule has 0 fully saturated rings. The highest BCUT2D eigenvalue weighted by Gasteiger charge is 2.33. The number of nitrogens with two attached hydrogens (primary N) is 1. The SMILES string of the molecule is CCn1ccnc1-c1cc(N)c(C)c(C(F)(F)F)c1. The van der Waals surface area contributed by atoms with Crippen LogP contribution in [-0.4, -0.2) is 9.55 Å². The van der Waals surface area contributed by atoms with Crippen LogP contribution in [0.4, 0.5) is 18.9 Å². The van der Waals surface area contributed by atoms with E-state index in [9.17, 15) is 13.2 Å². The number of aryl methyl sites for hydroxylation is 1. The highest BCUT2D eigenvalue weighted by molar-refractivity contribution is 5.67. The van der Waals surface area contributed by atoms with Crippen LogP contribution in [0.1, 0.15) is 18.1 Å². The average Bonchev–Trinajstić information content (AvgIpc) is 2.79. The zero-order valence-corrected chi connectivity index (χ0v) is 10.6. The molecule has 0 amide bonds. The number of anilines is 1. The number of hydrogen-bond acceptors (Lipinski definition) is 2. The van der Waals surface area contributed by atoms with Gasteiger partial charge in [0.2, 0.25) is 0 Å². The molecule has 3 nitrogen and oxygen atoms in total.